The third-order valence-corrected chi connectivity index (χ3v) is 8.71. The molecular formula is C29H34N6O4S. The van der Waals surface area contributed by atoms with Gasteiger partial charge in [-0.3, -0.25) is 14.0 Å². The van der Waals surface area contributed by atoms with Crippen molar-refractivity contribution in [3.63, 3.8) is 0 Å². The summed E-state index contributed by atoms with van der Waals surface area (Å²) >= 11 is 0. The Kier molecular flexibility index (Phi) is 8.04. The van der Waals surface area contributed by atoms with Crippen molar-refractivity contribution in [1.82, 2.24) is 29.5 Å². The number of hydrogen-bond donors (Lipinski definition) is 1. The summed E-state index contributed by atoms with van der Waals surface area (Å²) in [5.41, 5.74) is 3.46. The van der Waals surface area contributed by atoms with E-state index in [1.807, 2.05) is 18.2 Å². The zero-order chi connectivity index (χ0) is 28.3. The molecule has 0 saturated carbocycles. The fraction of sp³-hybridized carbons (Fsp3) is 0.345. The summed E-state index contributed by atoms with van der Waals surface area (Å²) in [5, 5.41) is 12.4. The van der Waals surface area contributed by atoms with Crippen LogP contribution in [-0.2, 0) is 27.8 Å². The Morgan fingerprint density at radius 1 is 1.20 bits per heavy atom. The maximum atomic E-state index is 13.2. The van der Waals surface area contributed by atoms with E-state index in [2.05, 4.69) is 59.6 Å². The number of nitrogens with zero attached hydrogens (tertiary/aromatic N) is 5. The molecule has 1 N–H and O–H groups in total. The second-order valence-electron chi connectivity index (χ2n) is 10.4. The van der Waals surface area contributed by atoms with Gasteiger partial charge in [0.15, 0.2) is 0 Å². The lowest BCUT2D eigenvalue weighted by Crippen LogP contribution is -2.49. The van der Waals surface area contributed by atoms with Gasteiger partial charge in [-0.05, 0) is 44.2 Å². The van der Waals surface area contributed by atoms with Crippen LogP contribution < -0.4 is 10.1 Å². The van der Waals surface area contributed by atoms with Crippen LogP contribution in [0.15, 0.2) is 72.5 Å². The predicted molar refractivity (Wildman–Crippen MR) is 152 cm³/mol. The number of benzene rings is 2. The van der Waals surface area contributed by atoms with Gasteiger partial charge in [0, 0.05) is 49.6 Å². The van der Waals surface area contributed by atoms with E-state index in [0.29, 0.717) is 18.3 Å². The van der Waals surface area contributed by atoms with Gasteiger partial charge in [0.1, 0.15) is 11.8 Å². The van der Waals surface area contributed by atoms with E-state index >= 15 is 0 Å². The molecule has 2 aromatic carbocycles. The first-order chi connectivity index (χ1) is 19.2. The highest BCUT2D eigenvalue weighted by atomic mass is 32.2. The fourth-order valence-electron chi connectivity index (χ4n) is 4.77. The van der Waals surface area contributed by atoms with Crippen molar-refractivity contribution in [1.29, 1.82) is 0 Å². The van der Waals surface area contributed by atoms with Crippen LogP contribution in [0.3, 0.4) is 0 Å². The molecule has 40 heavy (non-hydrogen) atoms. The largest absolute Gasteiger partial charge is 0.493 e. The molecule has 0 fully saturated rings. The van der Waals surface area contributed by atoms with Crippen LogP contribution in [0.2, 0.25) is 0 Å². The molecule has 3 heterocycles. The van der Waals surface area contributed by atoms with Crippen LogP contribution >= 0.6 is 0 Å². The number of aromatic nitrogens is 3. The van der Waals surface area contributed by atoms with Crippen LogP contribution in [0.1, 0.15) is 48.7 Å². The molecule has 5 rings (SSSR count). The summed E-state index contributed by atoms with van der Waals surface area (Å²) in [7, 11) is -1.83. The molecule has 1 amide bonds. The minimum Gasteiger partial charge on any atom is -0.493 e. The minimum atomic E-state index is -3.93. The summed E-state index contributed by atoms with van der Waals surface area (Å²) in [4.78, 5) is 15.1. The van der Waals surface area contributed by atoms with Gasteiger partial charge in [-0.25, -0.2) is 13.1 Å². The SMILES string of the molecule is CC(C)N(C)Cc1ccc2c(c1)OCCC2n1cc(CC2C(=O)NC=CN2S(=O)(=O)C=Cc2ccccc2)nn1. The molecule has 3 aromatic rings. The maximum absolute atomic E-state index is 13.2. The van der Waals surface area contributed by atoms with Crippen molar-refractivity contribution in [2.75, 3.05) is 13.7 Å². The van der Waals surface area contributed by atoms with Gasteiger partial charge in [-0.15, -0.1) is 5.10 Å². The van der Waals surface area contributed by atoms with Gasteiger partial charge in [0.25, 0.3) is 10.0 Å². The molecule has 2 atom stereocenters. The number of fused-ring (bicyclic) bond motifs is 1. The molecule has 11 heteroatoms. The van der Waals surface area contributed by atoms with Gasteiger partial charge >= 0.3 is 0 Å². The number of nitrogens with one attached hydrogen (secondary N) is 1. The van der Waals surface area contributed by atoms with E-state index in [-0.39, 0.29) is 12.5 Å². The summed E-state index contributed by atoms with van der Waals surface area (Å²) < 4.78 is 35.2. The summed E-state index contributed by atoms with van der Waals surface area (Å²) in [6.45, 7) is 5.70. The molecule has 2 aliphatic heterocycles. The van der Waals surface area contributed by atoms with Crippen molar-refractivity contribution in [3.8, 4) is 5.75 Å². The molecule has 0 aliphatic carbocycles. The quantitative estimate of drug-likeness (QED) is 0.426. The minimum absolute atomic E-state index is 0.0735. The van der Waals surface area contributed by atoms with E-state index in [9.17, 15) is 13.2 Å². The standard InChI is InChI=1S/C29H34N6O4S/c1-21(2)33(3)19-23-9-10-25-26(11-15-39-28(25)17-23)34-20-24(31-32-34)18-27-29(36)30-13-14-35(27)40(37,38)16-12-22-7-5-4-6-8-22/h4-10,12-14,16-17,20-21,26-27H,11,15,18-19H2,1-3H3,(H,30,36). The van der Waals surface area contributed by atoms with Crippen molar-refractivity contribution in [3.05, 3.63) is 94.9 Å². The smallest absolute Gasteiger partial charge is 0.257 e. The third kappa shape index (κ3) is 6.10. The molecule has 1 aromatic heterocycles. The first-order valence-electron chi connectivity index (χ1n) is 13.3. The van der Waals surface area contributed by atoms with E-state index in [4.69, 9.17) is 4.74 Å². The topological polar surface area (TPSA) is 110 Å². The number of rotatable bonds is 9. The van der Waals surface area contributed by atoms with Crippen LogP contribution in [0.5, 0.6) is 5.75 Å². The van der Waals surface area contributed by atoms with Crippen LogP contribution in [0.25, 0.3) is 6.08 Å². The molecule has 2 aliphatic rings. The first-order valence-corrected chi connectivity index (χ1v) is 14.8. The Morgan fingerprint density at radius 3 is 2.77 bits per heavy atom. The normalized spacial score (nSPS) is 19.2. The first kappa shape index (κ1) is 27.6. The lowest BCUT2D eigenvalue weighted by Gasteiger charge is -2.30. The van der Waals surface area contributed by atoms with Crippen molar-refractivity contribution in [2.24, 2.45) is 0 Å². The molecule has 0 bridgehead atoms. The Balaban J connectivity index is 1.33. The average molecular weight is 563 g/mol. The summed E-state index contributed by atoms with van der Waals surface area (Å²) in [6, 6.07) is 14.8. The zero-order valence-corrected chi connectivity index (χ0v) is 23.7. The van der Waals surface area contributed by atoms with Gasteiger partial charge in [0.2, 0.25) is 5.91 Å². The van der Waals surface area contributed by atoms with Crippen LogP contribution in [0.4, 0.5) is 0 Å². The molecule has 2 unspecified atom stereocenters. The van der Waals surface area contributed by atoms with Gasteiger partial charge in [0.05, 0.1) is 23.8 Å². The van der Waals surface area contributed by atoms with Crippen molar-refractivity contribution in [2.45, 2.75) is 51.4 Å². The lowest BCUT2D eigenvalue weighted by molar-refractivity contribution is -0.124. The molecule has 0 saturated heterocycles. The molecule has 0 radical (unpaired) electrons. The number of ether oxygens (including phenoxy) is 1. The van der Waals surface area contributed by atoms with Gasteiger partial charge in [-0.1, -0.05) is 47.7 Å². The zero-order valence-electron chi connectivity index (χ0n) is 22.8. The monoisotopic (exact) mass is 562 g/mol. The highest BCUT2D eigenvalue weighted by molar-refractivity contribution is 7.92. The number of hydrogen-bond acceptors (Lipinski definition) is 7. The Hall–Kier alpha value is -3.96. The van der Waals surface area contributed by atoms with Crippen LogP contribution in [0, 0.1) is 0 Å². The van der Waals surface area contributed by atoms with E-state index in [1.54, 1.807) is 23.0 Å². The second kappa shape index (κ2) is 11.6. The van der Waals surface area contributed by atoms with E-state index in [0.717, 1.165) is 39.6 Å². The molecule has 10 nitrogen and oxygen atoms in total. The van der Waals surface area contributed by atoms with Gasteiger partial charge < -0.3 is 10.1 Å². The number of amides is 1. The second-order valence-corrected chi connectivity index (χ2v) is 12.1. The Morgan fingerprint density at radius 2 is 2.00 bits per heavy atom. The van der Waals surface area contributed by atoms with Crippen LogP contribution in [-0.4, -0.2) is 64.3 Å². The molecule has 210 valence electrons. The molecular weight excluding hydrogens is 528 g/mol. The maximum Gasteiger partial charge on any atom is 0.257 e. The number of carbonyl (C=O) groups excluding carboxylic acids is 1. The third-order valence-electron chi connectivity index (χ3n) is 7.26. The van der Waals surface area contributed by atoms with E-state index in [1.165, 1.54) is 24.0 Å². The highest BCUT2D eigenvalue weighted by Crippen LogP contribution is 2.35. The average Bonchev–Trinajstić information content (AvgIpc) is 3.41. The molecule has 0 spiro atoms. The Labute approximate surface area is 235 Å². The van der Waals surface area contributed by atoms with Gasteiger partial charge in [-0.2, -0.15) is 0 Å². The highest BCUT2D eigenvalue weighted by Gasteiger charge is 2.34. The number of sulfonamides is 1. The fourth-order valence-corrected chi connectivity index (χ4v) is 5.99. The van der Waals surface area contributed by atoms with E-state index < -0.39 is 22.0 Å². The Bertz CT molecular complexity index is 1520. The lowest BCUT2D eigenvalue weighted by atomic mass is 9.98. The predicted octanol–water partition coefficient (Wildman–Crippen LogP) is 3.31. The summed E-state index contributed by atoms with van der Waals surface area (Å²) in [6.07, 6.45) is 6.79. The summed E-state index contributed by atoms with van der Waals surface area (Å²) in [5.74, 6) is 0.409. The van der Waals surface area contributed by atoms with Crippen molar-refractivity contribution < 1.29 is 17.9 Å². The van der Waals surface area contributed by atoms with Crippen molar-refractivity contribution >= 4 is 22.0 Å². The number of carbonyl (C=O) groups is 1.